The molecule has 2 heterocycles. The van der Waals surface area contributed by atoms with Gasteiger partial charge in [0.1, 0.15) is 18.3 Å². The molecule has 1 atom stereocenters. The van der Waals surface area contributed by atoms with Gasteiger partial charge in [0.2, 0.25) is 0 Å². The average molecular weight is 232 g/mol. The first kappa shape index (κ1) is 10.2. The van der Waals surface area contributed by atoms with Gasteiger partial charge in [-0.2, -0.15) is 0 Å². The van der Waals surface area contributed by atoms with Crippen molar-refractivity contribution in [2.75, 3.05) is 23.8 Å². The van der Waals surface area contributed by atoms with Crippen LogP contribution in [-0.4, -0.2) is 13.6 Å². The van der Waals surface area contributed by atoms with Crippen LogP contribution in [0.15, 0.2) is 41.2 Å². The number of hydrogen-bond acceptors (Lipinski definition) is 3. The highest BCUT2D eigenvalue weighted by Gasteiger charge is 2.24. The number of likely N-dealkylation sites (N-methyl/N-ethyl adjacent to an activating group) is 1. The third-order valence-corrected chi connectivity index (χ3v) is 3.09. The van der Waals surface area contributed by atoms with Crippen LogP contribution in [-0.2, 0) is 0 Å². The average Bonchev–Trinajstić information content (AvgIpc) is 2.77. The lowest BCUT2D eigenvalue weighted by atomic mass is 10.0. The van der Waals surface area contributed by atoms with E-state index in [1.54, 1.807) is 24.7 Å². The molecule has 4 heteroatoms. The quantitative estimate of drug-likeness (QED) is 0.819. The van der Waals surface area contributed by atoms with Gasteiger partial charge in [0.25, 0.3) is 0 Å². The van der Waals surface area contributed by atoms with E-state index in [4.69, 9.17) is 4.42 Å². The van der Waals surface area contributed by atoms with Crippen molar-refractivity contribution in [3.05, 3.63) is 48.2 Å². The maximum Gasteiger partial charge on any atom is 0.123 e. The lowest BCUT2D eigenvalue weighted by molar-refractivity contribution is 0.568. The number of fused-ring (bicyclic) bond motifs is 1. The first-order valence-electron chi connectivity index (χ1n) is 5.53. The summed E-state index contributed by atoms with van der Waals surface area (Å²) in [6.45, 7) is 0.788. The Bertz CT molecular complexity index is 538. The maximum atomic E-state index is 13.2. The van der Waals surface area contributed by atoms with Crippen LogP contribution in [0.2, 0.25) is 0 Å². The van der Waals surface area contributed by atoms with Crippen LogP contribution >= 0.6 is 0 Å². The largest absolute Gasteiger partial charge is 0.468 e. The Hall–Kier alpha value is -1.97. The van der Waals surface area contributed by atoms with E-state index >= 15 is 0 Å². The summed E-state index contributed by atoms with van der Waals surface area (Å²) in [5.74, 6) is -0.204. The van der Waals surface area contributed by atoms with Gasteiger partial charge < -0.3 is 14.6 Å². The highest BCUT2D eigenvalue weighted by molar-refractivity contribution is 5.71. The normalized spacial score (nSPS) is 18.7. The number of rotatable bonds is 1. The second kappa shape index (κ2) is 3.80. The molecule has 0 radical (unpaired) electrons. The smallest absolute Gasteiger partial charge is 0.123 e. The Morgan fingerprint density at radius 1 is 1.41 bits per heavy atom. The van der Waals surface area contributed by atoms with Crippen molar-refractivity contribution in [1.29, 1.82) is 0 Å². The van der Waals surface area contributed by atoms with E-state index < -0.39 is 0 Å². The summed E-state index contributed by atoms with van der Waals surface area (Å²) in [5.41, 5.74) is 2.94. The van der Waals surface area contributed by atoms with E-state index in [2.05, 4.69) is 10.2 Å². The van der Waals surface area contributed by atoms with Crippen molar-refractivity contribution in [3.8, 4) is 0 Å². The molecule has 17 heavy (non-hydrogen) atoms. The Kier molecular flexibility index (Phi) is 2.28. The zero-order chi connectivity index (χ0) is 11.8. The van der Waals surface area contributed by atoms with Crippen molar-refractivity contribution >= 4 is 11.4 Å². The van der Waals surface area contributed by atoms with Crippen molar-refractivity contribution < 1.29 is 8.81 Å². The molecule has 3 nitrogen and oxygen atoms in total. The lowest BCUT2D eigenvalue weighted by Gasteiger charge is -2.32. The second-order valence-electron chi connectivity index (χ2n) is 4.30. The topological polar surface area (TPSA) is 28.4 Å². The van der Waals surface area contributed by atoms with Crippen LogP contribution in [0.5, 0.6) is 0 Å². The van der Waals surface area contributed by atoms with Gasteiger partial charge in [-0.05, 0) is 17.7 Å². The van der Waals surface area contributed by atoms with Crippen LogP contribution in [0.3, 0.4) is 0 Å². The summed E-state index contributed by atoms with van der Waals surface area (Å²) in [7, 11) is 2.00. The summed E-state index contributed by atoms with van der Waals surface area (Å²) in [5, 5.41) is 3.35. The molecule has 0 saturated heterocycles. The van der Waals surface area contributed by atoms with Gasteiger partial charge in [-0.15, -0.1) is 0 Å². The fraction of sp³-hybridized carbons (Fsp3) is 0.231. The molecule has 0 saturated carbocycles. The Labute approximate surface area is 98.8 Å². The van der Waals surface area contributed by atoms with Gasteiger partial charge in [0.15, 0.2) is 0 Å². The molecule has 1 aromatic carbocycles. The molecule has 1 N–H and O–H groups in total. The molecule has 0 amide bonds. The fourth-order valence-corrected chi connectivity index (χ4v) is 2.21. The standard InChI is InChI=1S/C13H13FN2O/c1-16-6-11(9-3-2-4-10(14)5-9)15-12-7-17-8-13(12)16/h2-5,7-8,11,15H,6H2,1H3. The van der Waals surface area contributed by atoms with Crippen LogP contribution < -0.4 is 10.2 Å². The summed E-state index contributed by atoms with van der Waals surface area (Å²) >= 11 is 0. The second-order valence-corrected chi connectivity index (χ2v) is 4.30. The van der Waals surface area contributed by atoms with Crippen molar-refractivity contribution in [2.45, 2.75) is 6.04 Å². The number of furan rings is 1. The van der Waals surface area contributed by atoms with Gasteiger partial charge in [-0.1, -0.05) is 12.1 Å². The highest BCUT2D eigenvalue weighted by atomic mass is 19.1. The van der Waals surface area contributed by atoms with Crippen LogP contribution in [0, 0.1) is 5.82 Å². The monoisotopic (exact) mass is 232 g/mol. The molecule has 1 aromatic heterocycles. The fourth-order valence-electron chi connectivity index (χ4n) is 2.21. The number of nitrogens with one attached hydrogen (secondary N) is 1. The van der Waals surface area contributed by atoms with Crippen LogP contribution in [0.4, 0.5) is 15.8 Å². The third-order valence-electron chi connectivity index (χ3n) is 3.09. The van der Waals surface area contributed by atoms with Gasteiger partial charge in [-0.25, -0.2) is 4.39 Å². The van der Waals surface area contributed by atoms with Gasteiger partial charge in [0, 0.05) is 13.6 Å². The number of hydrogen-bond donors (Lipinski definition) is 1. The lowest BCUT2D eigenvalue weighted by Crippen LogP contribution is -2.33. The predicted octanol–water partition coefficient (Wildman–Crippen LogP) is 3.02. The van der Waals surface area contributed by atoms with Gasteiger partial charge in [-0.3, -0.25) is 0 Å². The molecule has 2 aromatic rings. The minimum Gasteiger partial charge on any atom is -0.468 e. The predicted molar refractivity (Wildman–Crippen MR) is 64.7 cm³/mol. The molecule has 0 fully saturated rings. The summed E-state index contributed by atoms with van der Waals surface area (Å²) < 4.78 is 18.4. The van der Waals surface area contributed by atoms with E-state index in [0.29, 0.717) is 0 Å². The van der Waals surface area contributed by atoms with E-state index in [9.17, 15) is 4.39 Å². The van der Waals surface area contributed by atoms with Crippen molar-refractivity contribution in [3.63, 3.8) is 0 Å². The summed E-state index contributed by atoms with van der Waals surface area (Å²) in [6.07, 6.45) is 3.39. The van der Waals surface area contributed by atoms with Crippen LogP contribution in [0.1, 0.15) is 11.6 Å². The SMILES string of the molecule is CN1CC(c2cccc(F)c2)Nc2cocc21. The number of halogens is 1. The van der Waals surface area contributed by atoms with Gasteiger partial charge >= 0.3 is 0 Å². The molecular weight excluding hydrogens is 219 g/mol. The molecule has 1 aliphatic rings. The molecule has 1 aliphatic heterocycles. The minimum absolute atomic E-state index is 0.0841. The van der Waals surface area contributed by atoms with Crippen molar-refractivity contribution in [1.82, 2.24) is 0 Å². The Morgan fingerprint density at radius 2 is 2.29 bits per heavy atom. The van der Waals surface area contributed by atoms with Crippen molar-refractivity contribution in [2.24, 2.45) is 0 Å². The summed E-state index contributed by atoms with van der Waals surface area (Å²) in [6, 6.07) is 6.77. The maximum absolute atomic E-state index is 13.2. The molecule has 0 aliphatic carbocycles. The Morgan fingerprint density at radius 3 is 3.12 bits per heavy atom. The van der Waals surface area contributed by atoms with Crippen LogP contribution in [0.25, 0.3) is 0 Å². The number of nitrogens with zero attached hydrogens (tertiary/aromatic N) is 1. The molecule has 3 rings (SSSR count). The zero-order valence-corrected chi connectivity index (χ0v) is 9.48. The first-order valence-corrected chi connectivity index (χ1v) is 5.53. The molecule has 0 spiro atoms. The molecular formula is C13H13FN2O. The first-order chi connectivity index (χ1) is 8.24. The molecule has 0 bridgehead atoms. The van der Waals surface area contributed by atoms with E-state index in [1.807, 2.05) is 13.1 Å². The van der Waals surface area contributed by atoms with E-state index in [-0.39, 0.29) is 11.9 Å². The number of anilines is 2. The third kappa shape index (κ3) is 1.75. The summed E-state index contributed by atoms with van der Waals surface area (Å²) in [4.78, 5) is 2.10. The molecule has 88 valence electrons. The Balaban J connectivity index is 1.93. The molecule has 1 unspecified atom stereocenters. The number of benzene rings is 1. The minimum atomic E-state index is -0.204. The van der Waals surface area contributed by atoms with E-state index in [1.165, 1.54) is 6.07 Å². The van der Waals surface area contributed by atoms with Gasteiger partial charge in [0.05, 0.1) is 17.4 Å². The van der Waals surface area contributed by atoms with E-state index in [0.717, 1.165) is 23.5 Å². The highest BCUT2D eigenvalue weighted by Crippen LogP contribution is 2.35. The zero-order valence-electron chi connectivity index (χ0n) is 9.48.